The van der Waals surface area contributed by atoms with Crippen LogP contribution in [0, 0.1) is 12.7 Å². The Bertz CT molecular complexity index is 575. The van der Waals surface area contributed by atoms with Crippen LogP contribution in [0.15, 0.2) is 48.5 Å². The van der Waals surface area contributed by atoms with Crippen LogP contribution >= 0.6 is 0 Å². The van der Waals surface area contributed by atoms with E-state index in [2.05, 4.69) is 43.4 Å². The van der Waals surface area contributed by atoms with E-state index in [4.69, 9.17) is 0 Å². The Morgan fingerprint density at radius 3 is 2.38 bits per heavy atom. The molecule has 1 nitrogen and oxygen atoms in total. The molecular weight excluding hydrogens is 261 g/mol. The summed E-state index contributed by atoms with van der Waals surface area (Å²) >= 11 is 0. The Balaban J connectivity index is 1.87. The zero-order valence-corrected chi connectivity index (χ0v) is 13.1. The van der Waals surface area contributed by atoms with Crippen LogP contribution < -0.4 is 5.32 Å². The molecule has 1 N–H and O–H groups in total. The van der Waals surface area contributed by atoms with Crippen molar-refractivity contribution < 1.29 is 4.39 Å². The first-order valence-electron chi connectivity index (χ1n) is 7.50. The van der Waals surface area contributed by atoms with Crippen LogP contribution in [0.4, 0.5) is 4.39 Å². The lowest BCUT2D eigenvalue weighted by atomic mass is 9.95. The molecule has 0 saturated heterocycles. The summed E-state index contributed by atoms with van der Waals surface area (Å²) in [4.78, 5) is 0. The Morgan fingerprint density at radius 2 is 1.71 bits per heavy atom. The summed E-state index contributed by atoms with van der Waals surface area (Å²) in [5, 5.41) is 3.57. The fourth-order valence-electron chi connectivity index (χ4n) is 2.35. The van der Waals surface area contributed by atoms with E-state index in [0.29, 0.717) is 5.56 Å². The maximum Gasteiger partial charge on any atom is 0.126 e. The smallest absolute Gasteiger partial charge is 0.126 e. The molecule has 2 rings (SSSR count). The minimum atomic E-state index is -0.137. The molecule has 0 saturated carbocycles. The SMILES string of the molecule is Cc1cc(CNC(C)(C)CCc2ccccc2)ccc1F. The molecule has 0 atom stereocenters. The average molecular weight is 285 g/mol. The lowest BCUT2D eigenvalue weighted by Crippen LogP contribution is -2.39. The number of rotatable bonds is 6. The zero-order chi connectivity index (χ0) is 15.3. The lowest BCUT2D eigenvalue weighted by Gasteiger charge is -2.26. The third-order valence-corrected chi connectivity index (χ3v) is 3.87. The number of hydrogen-bond acceptors (Lipinski definition) is 1. The second kappa shape index (κ2) is 6.86. The maximum absolute atomic E-state index is 13.3. The molecule has 0 heterocycles. The van der Waals surface area contributed by atoms with Crippen molar-refractivity contribution in [3.05, 3.63) is 71.0 Å². The molecule has 2 aromatic rings. The monoisotopic (exact) mass is 285 g/mol. The highest BCUT2D eigenvalue weighted by Crippen LogP contribution is 2.15. The standard InChI is InChI=1S/C19H24FN/c1-15-13-17(9-10-18(15)20)14-21-19(2,3)12-11-16-7-5-4-6-8-16/h4-10,13,21H,11-12,14H2,1-3H3. The molecule has 0 radical (unpaired) electrons. The minimum absolute atomic E-state index is 0.0537. The number of benzene rings is 2. The van der Waals surface area contributed by atoms with Gasteiger partial charge in [0.15, 0.2) is 0 Å². The van der Waals surface area contributed by atoms with E-state index < -0.39 is 0 Å². The van der Waals surface area contributed by atoms with Gasteiger partial charge in [0.05, 0.1) is 0 Å². The average Bonchev–Trinajstić information content (AvgIpc) is 2.48. The van der Waals surface area contributed by atoms with Crippen molar-refractivity contribution in [2.45, 2.75) is 45.7 Å². The number of nitrogens with one attached hydrogen (secondary N) is 1. The van der Waals surface area contributed by atoms with Crippen molar-refractivity contribution >= 4 is 0 Å². The molecule has 0 amide bonds. The third kappa shape index (κ3) is 4.98. The highest BCUT2D eigenvalue weighted by molar-refractivity contribution is 5.24. The van der Waals surface area contributed by atoms with Crippen LogP contribution in [0.25, 0.3) is 0 Å². The van der Waals surface area contributed by atoms with Gasteiger partial charge in [-0.3, -0.25) is 0 Å². The minimum Gasteiger partial charge on any atom is -0.308 e. The molecule has 21 heavy (non-hydrogen) atoms. The van der Waals surface area contributed by atoms with Crippen LogP contribution in [0.3, 0.4) is 0 Å². The van der Waals surface area contributed by atoms with Crippen molar-refractivity contribution in [2.24, 2.45) is 0 Å². The highest BCUT2D eigenvalue weighted by Gasteiger charge is 2.16. The molecule has 0 aromatic heterocycles. The van der Waals surface area contributed by atoms with E-state index >= 15 is 0 Å². The van der Waals surface area contributed by atoms with Gasteiger partial charge in [0, 0.05) is 12.1 Å². The molecule has 0 spiro atoms. The Kier molecular flexibility index (Phi) is 5.13. The first-order chi connectivity index (χ1) is 9.96. The molecule has 2 heteroatoms. The van der Waals surface area contributed by atoms with Crippen molar-refractivity contribution in [1.29, 1.82) is 0 Å². The molecule has 0 aliphatic rings. The second-order valence-electron chi connectivity index (χ2n) is 6.31. The largest absolute Gasteiger partial charge is 0.308 e. The predicted molar refractivity (Wildman–Crippen MR) is 86.8 cm³/mol. The topological polar surface area (TPSA) is 12.0 Å². The Morgan fingerprint density at radius 1 is 1.00 bits per heavy atom. The fourth-order valence-corrected chi connectivity index (χ4v) is 2.35. The summed E-state index contributed by atoms with van der Waals surface area (Å²) in [6.07, 6.45) is 2.13. The molecule has 0 bridgehead atoms. The van der Waals surface area contributed by atoms with Crippen molar-refractivity contribution in [3.8, 4) is 0 Å². The quantitative estimate of drug-likeness (QED) is 0.815. The molecule has 2 aromatic carbocycles. The van der Waals surface area contributed by atoms with E-state index in [0.717, 1.165) is 24.9 Å². The Hall–Kier alpha value is -1.67. The summed E-state index contributed by atoms with van der Waals surface area (Å²) < 4.78 is 13.3. The molecule has 0 fully saturated rings. The van der Waals surface area contributed by atoms with E-state index in [-0.39, 0.29) is 11.4 Å². The van der Waals surface area contributed by atoms with Gasteiger partial charge in [0.25, 0.3) is 0 Å². The van der Waals surface area contributed by atoms with E-state index in [1.807, 2.05) is 18.2 Å². The molecule has 0 aliphatic heterocycles. The lowest BCUT2D eigenvalue weighted by molar-refractivity contribution is 0.360. The highest BCUT2D eigenvalue weighted by atomic mass is 19.1. The fraction of sp³-hybridized carbons (Fsp3) is 0.368. The van der Waals surface area contributed by atoms with Gasteiger partial charge in [-0.15, -0.1) is 0 Å². The normalized spacial score (nSPS) is 11.6. The van der Waals surface area contributed by atoms with Crippen molar-refractivity contribution in [3.63, 3.8) is 0 Å². The summed E-state index contributed by atoms with van der Waals surface area (Å²) in [5.41, 5.74) is 3.25. The van der Waals surface area contributed by atoms with Gasteiger partial charge in [-0.2, -0.15) is 0 Å². The van der Waals surface area contributed by atoms with Crippen LogP contribution in [0.1, 0.15) is 37.0 Å². The molecule has 112 valence electrons. The first-order valence-corrected chi connectivity index (χ1v) is 7.50. The number of aryl methyl sites for hydroxylation is 2. The summed E-state index contributed by atoms with van der Waals surface area (Å²) in [6.45, 7) is 7.00. The van der Waals surface area contributed by atoms with Gasteiger partial charge >= 0.3 is 0 Å². The number of hydrogen-bond donors (Lipinski definition) is 1. The zero-order valence-electron chi connectivity index (χ0n) is 13.1. The Labute approximate surface area is 127 Å². The molecule has 0 aliphatic carbocycles. The van der Waals surface area contributed by atoms with E-state index in [1.54, 1.807) is 13.0 Å². The van der Waals surface area contributed by atoms with Crippen molar-refractivity contribution in [1.82, 2.24) is 5.32 Å². The number of halogens is 1. The van der Waals surface area contributed by atoms with Crippen LogP contribution in [-0.2, 0) is 13.0 Å². The van der Waals surface area contributed by atoms with Crippen molar-refractivity contribution in [2.75, 3.05) is 0 Å². The van der Waals surface area contributed by atoms with Crippen LogP contribution in [0.2, 0.25) is 0 Å². The van der Waals surface area contributed by atoms with Gasteiger partial charge in [0.1, 0.15) is 5.82 Å². The van der Waals surface area contributed by atoms with Gasteiger partial charge in [-0.25, -0.2) is 4.39 Å². The third-order valence-electron chi connectivity index (χ3n) is 3.87. The van der Waals surface area contributed by atoms with Gasteiger partial charge in [-0.05, 0) is 56.4 Å². The van der Waals surface area contributed by atoms with Gasteiger partial charge < -0.3 is 5.32 Å². The first kappa shape index (κ1) is 15.7. The molecular formula is C19H24FN. The summed E-state index contributed by atoms with van der Waals surface area (Å²) in [7, 11) is 0. The predicted octanol–water partition coefficient (Wildman–Crippen LogP) is 4.64. The molecule has 0 unspecified atom stereocenters. The van der Waals surface area contributed by atoms with Crippen LogP contribution in [-0.4, -0.2) is 5.54 Å². The van der Waals surface area contributed by atoms with Gasteiger partial charge in [-0.1, -0.05) is 42.5 Å². The van der Waals surface area contributed by atoms with E-state index in [1.165, 1.54) is 5.56 Å². The summed E-state index contributed by atoms with van der Waals surface area (Å²) in [5.74, 6) is -0.137. The maximum atomic E-state index is 13.3. The second-order valence-corrected chi connectivity index (χ2v) is 6.31. The van der Waals surface area contributed by atoms with Crippen LogP contribution in [0.5, 0.6) is 0 Å². The van der Waals surface area contributed by atoms with Gasteiger partial charge in [0.2, 0.25) is 0 Å². The summed E-state index contributed by atoms with van der Waals surface area (Å²) in [6, 6.07) is 15.8. The van der Waals surface area contributed by atoms with E-state index in [9.17, 15) is 4.39 Å².